The van der Waals surface area contributed by atoms with Crippen molar-refractivity contribution >= 4 is 6.09 Å². The van der Waals surface area contributed by atoms with Crippen LogP contribution in [0.3, 0.4) is 0 Å². The third-order valence-corrected chi connectivity index (χ3v) is 3.06. The van der Waals surface area contributed by atoms with Gasteiger partial charge in [0.15, 0.2) is 0 Å². The first kappa shape index (κ1) is 13.9. The highest BCUT2D eigenvalue weighted by molar-refractivity contribution is 5.69. The predicted molar refractivity (Wildman–Crippen MR) is 73.7 cm³/mol. The first-order valence-corrected chi connectivity index (χ1v) is 6.75. The molecule has 1 aliphatic carbocycles. The Morgan fingerprint density at radius 1 is 1.58 bits per heavy atom. The Kier molecular flexibility index (Phi) is 3.85. The van der Waals surface area contributed by atoms with E-state index >= 15 is 0 Å². The van der Waals surface area contributed by atoms with Crippen LogP contribution in [0.1, 0.15) is 45.2 Å². The molecule has 1 heterocycles. The number of hydrogen-bond donors (Lipinski definition) is 2. The SMILES string of the molecule is CC(C)(C)OC(=O)N(CC(N)c1cc[nH]c1)C1CC1. The number of H-pyrrole nitrogens is 1. The number of aromatic amines is 1. The molecule has 1 amide bonds. The molecule has 1 aromatic heterocycles. The molecule has 1 saturated carbocycles. The van der Waals surface area contributed by atoms with E-state index in [9.17, 15) is 4.79 Å². The lowest BCUT2D eigenvalue weighted by Gasteiger charge is -2.29. The number of rotatable bonds is 4. The lowest BCUT2D eigenvalue weighted by atomic mass is 10.1. The summed E-state index contributed by atoms with van der Waals surface area (Å²) in [7, 11) is 0. The smallest absolute Gasteiger partial charge is 0.410 e. The number of nitrogens with two attached hydrogens (primary N) is 1. The van der Waals surface area contributed by atoms with Gasteiger partial charge in [0.25, 0.3) is 0 Å². The van der Waals surface area contributed by atoms with E-state index in [0.29, 0.717) is 12.6 Å². The third-order valence-electron chi connectivity index (χ3n) is 3.06. The number of carbonyl (C=O) groups excluding carboxylic acids is 1. The number of ether oxygens (including phenoxy) is 1. The fourth-order valence-corrected chi connectivity index (χ4v) is 1.96. The molecule has 106 valence electrons. The van der Waals surface area contributed by atoms with Gasteiger partial charge in [-0.25, -0.2) is 4.79 Å². The van der Waals surface area contributed by atoms with Crippen LogP contribution in [0.2, 0.25) is 0 Å². The second kappa shape index (κ2) is 5.25. The summed E-state index contributed by atoms with van der Waals surface area (Å²) in [5, 5.41) is 0. The molecular formula is C14H23N3O2. The van der Waals surface area contributed by atoms with E-state index < -0.39 is 5.60 Å². The molecule has 5 heteroatoms. The van der Waals surface area contributed by atoms with Crippen molar-refractivity contribution in [2.45, 2.75) is 51.3 Å². The summed E-state index contributed by atoms with van der Waals surface area (Å²) >= 11 is 0. The maximum Gasteiger partial charge on any atom is 0.410 e. The van der Waals surface area contributed by atoms with E-state index in [-0.39, 0.29) is 12.1 Å². The minimum atomic E-state index is -0.470. The molecule has 1 unspecified atom stereocenters. The summed E-state index contributed by atoms with van der Waals surface area (Å²) in [6.45, 7) is 6.13. The van der Waals surface area contributed by atoms with Crippen molar-refractivity contribution in [2.75, 3.05) is 6.54 Å². The first-order chi connectivity index (χ1) is 8.87. The van der Waals surface area contributed by atoms with Crippen LogP contribution in [0.5, 0.6) is 0 Å². The molecule has 3 N–H and O–H groups in total. The van der Waals surface area contributed by atoms with Crippen molar-refractivity contribution in [1.82, 2.24) is 9.88 Å². The van der Waals surface area contributed by atoms with Crippen molar-refractivity contribution < 1.29 is 9.53 Å². The van der Waals surface area contributed by atoms with Crippen LogP contribution in [0, 0.1) is 0 Å². The molecule has 2 rings (SSSR count). The largest absolute Gasteiger partial charge is 0.444 e. The van der Waals surface area contributed by atoms with Crippen LogP contribution in [-0.4, -0.2) is 34.2 Å². The lowest BCUT2D eigenvalue weighted by molar-refractivity contribution is 0.0222. The summed E-state index contributed by atoms with van der Waals surface area (Å²) in [5.41, 5.74) is 6.68. The first-order valence-electron chi connectivity index (χ1n) is 6.75. The van der Waals surface area contributed by atoms with E-state index in [2.05, 4.69) is 4.98 Å². The van der Waals surface area contributed by atoms with Gasteiger partial charge < -0.3 is 20.4 Å². The second-order valence-corrected chi connectivity index (χ2v) is 6.11. The normalized spacial score (nSPS) is 17.1. The number of aromatic nitrogens is 1. The van der Waals surface area contributed by atoms with Gasteiger partial charge in [0.2, 0.25) is 0 Å². The van der Waals surface area contributed by atoms with E-state index in [1.54, 1.807) is 4.90 Å². The molecule has 0 radical (unpaired) electrons. The van der Waals surface area contributed by atoms with Crippen molar-refractivity contribution in [2.24, 2.45) is 5.73 Å². The summed E-state index contributed by atoms with van der Waals surface area (Å²) in [4.78, 5) is 16.9. The van der Waals surface area contributed by atoms with Gasteiger partial charge in [-0.1, -0.05) is 0 Å². The standard InChI is InChI=1S/C14H23N3O2/c1-14(2,3)19-13(18)17(11-4-5-11)9-12(15)10-6-7-16-8-10/h6-8,11-12,16H,4-5,9,15H2,1-3H3. The highest BCUT2D eigenvalue weighted by atomic mass is 16.6. The van der Waals surface area contributed by atoms with Crippen LogP contribution in [0.4, 0.5) is 4.79 Å². The fraction of sp³-hybridized carbons (Fsp3) is 0.643. The molecule has 0 saturated heterocycles. The number of hydrogen-bond acceptors (Lipinski definition) is 3. The van der Waals surface area contributed by atoms with E-state index in [1.807, 2.05) is 39.2 Å². The Morgan fingerprint density at radius 2 is 2.26 bits per heavy atom. The van der Waals surface area contributed by atoms with Gasteiger partial charge in [0.1, 0.15) is 5.60 Å². The van der Waals surface area contributed by atoms with Gasteiger partial charge in [-0.2, -0.15) is 0 Å². The van der Waals surface area contributed by atoms with Crippen molar-refractivity contribution in [1.29, 1.82) is 0 Å². The lowest BCUT2D eigenvalue weighted by Crippen LogP contribution is -2.42. The number of amides is 1. The fourth-order valence-electron chi connectivity index (χ4n) is 1.96. The van der Waals surface area contributed by atoms with Crippen LogP contribution >= 0.6 is 0 Å². The second-order valence-electron chi connectivity index (χ2n) is 6.11. The van der Waals surface area contributed by atoms with Gasteiger partial charge >= 0.3 is 6.09 Å². The molecule has 0 spiro atoms. The zero-order chi connectivity index (χ0) is 14.0. The van der Waals surface area contributed by atoms with Crippen molar-refractivity contribution in [3.8, 4) is 0 Å². The van der Waals surface area contributed by atoms with Crippen LogP contribution < -0.4 is 5.73 Å². The zero-order valence-electron chi connectivity index (χ0n) is 11.8. The highest BCUT2D eigenvalue weighted by Crippen LogP contribution is 2.29. The molecule has 19 heavy (non-hydrogen) atoms. The topological polar surface area (TPSA) is 71.3 Å². The quantitative estimate of drug-likeness (QED) is 0.878. The van der Waals surface area contributed by atoms with Gasteiger partial charge in [0, 0.05) is 31.0 Å². The molecule has 5 nitrogen and oxygen atoms in total. The molecule has 1 aliphatic rings. The molecule has 1 fully saturated rings. The maximum atomic E-state index is 12.2. The highest BCUT2D eigenvalue weighted by Gasteiger charge is 2.36. The third kappa shape index (κ3) is 3.99. The minimum absolute atomic E-state index is 0.181. The Hall–Kier alpha value is -1.49. The minimum Gasteiger partial charge on any atom is -0.444 e. The number of nitrogens with one attached hydrogen (secondary N) is 1. The molecule has 1 atom stereocenters. The van der Waals surface area contributed by atoms with Gasteiger partial charge in [0.05, 0.1) is 0 Å². The predicted octanol–water partition coefficient (Wildman–Crippen LogP) is 2.41. The Morgan fingerprint density at radius 3 is 2.74 bits per heavy atom. The Labute approximate surface area is 114 Å². The maximum absolute atomic E-state index is 12.2. The van der Waals surface area contributed by atoms with E-state index in [0.717, 1.165) is 18.4 Å². The van der Waals surface area contributed by atoms with Crippen LogP contribution in [-0.2, 0) is 4.74 Å². The summed E-state index contributed by atoms with van der Waals surface area (Å²) in [6.07, 6.45) is 5.52. The summed E-state index contributed by atoms with van der Waals surface area (Å²) in [5.74, 6) is 0. The molecule has 0 aliphatic heterocycles. The zero-order valence-corrected chi connectivity index (χ0v) is 11.8. The Bertz CT molecular complexity index is 418. The summed E-state index contributed by atoms with van der Waals surface area (Å²) in [6, 6.07) is 2.05. The number of carbonyl (C=O) groups is 1. The van der Waals surface area contributed by atoms with Gasteiger partial charge in [-0.3, -0.25) is 0 Å². The molecule has 0 aromatic carbocycles. The molecule has 0 bridgehead atoms. The van der Waals surface area contributed by atoms with Crippen molar-refractivity contribution in [3.63, 3.8) is 0 Å². The van der Waals surface area contributed by atoms with Gasteiger partial charge in [-0.05, 0) is 45.2 Å². The van der Waals surface area contributed by atoms with Crippen LogP contribution in [0.15, 0.2) is 18.5 Å². The molecular weight excluding hydrogens is 242 g/mol. The van der Waals surface area contributed by atoms with Crippen LogP contribution in [0.25, 0.3) is 0 Å². The number of nitrogens with zero attached hydrogens (tertiary/aromatic N) is 1. The summed E-state index contributed by atoms with van der Waals surface area (Å²) < 4.78 is 5.44. The Balaban J connectivity index is 1.98. The van der Waals surface area contributed by atoms with Crippen molar-refractivity contribution in [3.05, 3.63) is 24.0 Å². The van der Waals surface area contributed by atoms with Gasteiger partial charge in [-0.15, -0.1) is 0 Å². The monoisotopic (exact) mass is 265 g/mol. The average molecular weight is 265 g/mol. The average Bonchev–Trinajstić information content (AvgIpc) is 2.96. The van der Waals surface area contributed by atoms with E-state index in [1.165, 1.54) is 0 Å². The molecule has 1 aromatic rings. The van der Waals surface area contributed by atoms with E-state index in [4.69, 9.17) is 10.5 Å².